The summed E-state index contributed by atoms with van der Waals surface area (Å²) in [6.45, 7) is 5.23. The number of rotatable bonds is 6. The van der Waals surface area contributed by atoms with Gasteiger partial charge >= 0.3 is 6.03 Å². The van der Waals surface area contributed by atoms with Gasteiger partial charge in [-0.1, -0.05) is 30.3 Å². The van der Waals surface area contributed by atoms with E-state index < -0.39 is 11.7 Å². The van der Waals surface area contributed by atoms with E-state index in [0.29, 0.717) is 0 Å². The molecule has 0 saturated carbocycles. The Labute approximate surface area is 124 Å². The lowest BCUT2D eigenvalue weighted by Crippen LogP contribution is -2.52. The lowest BCUT2D eigenvalue weighted by molar-refractivity contribution is 0.169. The van der Waals surface area contributed by atoms with Crippen molar-refractivity contribution in [2.45, 2.75) is 32.5 Å². The van der Waals surface area contributed by atoms with Crippen molar-refractivity contribution in [3.05, 3.63) is 35.9 Å². The summed E-state index contributed by atoms with van der Waals surface area (Å²) in [6.07, 6.45) is 0. The van der Waals surface area contributed by atoms with Gasteiger partial charge < -0.3 is 10.4 Å². The van der Waals surface area contributed by atoms with Crippen LogP contribution < -0.4 is 11.2 Å². The number of hydrazine groups is 1. The van der Waals surface area contributed by atoms with Crippen LogP contribution in [0.4, 0.5) is 4.79 Å². The van der Waals surface area contributed by atoms with Crippen molar-refractivity contribution in [3.63, 3.8) is 0 Å². The average Bonchev–Trinajstić information content (AvgIpc) is 2.45. The second kappa shape index (κ2) is 7.70. The second-order valence-electron chi connectivity index (χ2n) is 5.21. The van der Waals surface area contributed by atoms with E-state index in [9.17, 15) is 4.79 Å². The zero-order chi connectivity index (χ0) is 15.9. The highest BCUT2D eigenvalue weighted by Crippen LogP contribution is 2.18. The number of nitrogens with two attached hydrogens (primary N) is 1. The molecule has 0 aromatic heterocycles. The molecule has 21 heavy (non-hydrogen) atoms. The number of urea groups is 1. The number of nitrogens with one attached hydrogen (secondary N) is 1. The van der Waals surface area contributed by atoms with Gasteiger partial charge in [0.25, 0.3) is 0 Å². The summed E-state index contributed by atoms with van der Waals surface area (Å²) >= 11 is 0. The van der Waals surface area contributed by atoms with Gasteiger partial charge in [-0.2, -0.15) is 10.2 Å². The first-order valence-corrected chi connectivity index (χ1v) is 6.78. The van der Waals surface area contributed by atoms with E-state index >= 15 is 0 Å². The third-order valence-electron chi connectivity index (χ3n) is 2.78. The van der Waals surface area contributed by atoms with E-state index in [1.165, 1.54) is 0 Å². The molecule has 0 aliphatic heterocycles. The van der Waals surface area contributed by atoms with E-state index in [4.69, 9.17) is 10.9 Å². The van der Waals surface area contributed by atoms with E-state index in [2.05, 4.69) is 15.5 Å². The Morgan fingerprint density at radius 2 is 2.05 bits per heavy atom. The number of amides is 2. The minimum Gasteiger partial charge on any atom is -0.394 e. The van der Waals surface area contributed by atoms with Crippen molar-refractivity contribution < 1.29 is 9.90 Å². The molecule has 1 rings (SSSR count). The minimum absolute atomic E-state index is 0.0550. The zero-order valence-corrected chi connectivity index (χ0v) is 12.7. The van der Waals surface area contributed by atoms with E-state index in [1.807, 2.05) is 37.3 Å². The Kier molecular flexibility index (Phi) is 6.26. The Hall–Kier alpha value is -1.99. The van der Waals surface area contributed by atoms with Crippen molar-refractivity contribution in [1.29, 1.82) is 0 Å². The van der Waals surface area contributed by atoms with E-state index in [0.717, 1.165) is 10.6 Å². The molecule has 1 atom stereocenters. The summed E-state index contributed by atoms with van der Waals surface area (Å²) in [7, 11) is 0. The first-order valence-electron chi connectivity index (χ1n) is 6.78. The number of carbonyl (C=O) groups excluding carboxylic acids is 1. The lowest BCUT2D eigenvalue weighted by Gasteiger charge is -2.24. The van der Waals surface area contributed by atoms with Crippen molar-refractivity contribution >= 4 is 6.03 Å². The number of benzene rings is 1. The highest BCUT2D eigenvalue weighted by atomic mass is 16.3. The van der Waals surface area contributed by atoms with Gasteiger partial charge in [0.15, 0.2) is 0 Å². The van der Waals surface area contributed by atoms with Gasteiger partial charge in [0.05, 0.1) is 19.2 Å². The minimum atomic E-state index is -0.882. The lowest BCUT2D eigenvalue weighted by atomic mass is 10.1. The molecule has 0 fully saturated rings. The number of carbonyl (C=O) groups is 1. The fraction of sp³-hybridized carbons (Fsp3) is 0.500. The van der Waals surface area contributed by atoms with Crippen LogP contribution in [0.3, 0.4) is 0 Å². The van der Waals surface area contributed by atoms with E-state index in [1.54, 1.807) is 13.8 Å². The number of aliphatic hydroxyl groups excluding tert-OH is 1. The van der Waals surface area contributed by atoms with E-state index in [-0.39, 0.29) is 19.2 Å². The third kappa shape index (κ3) is 5.88. The van der Waals surface area contributed by atoms with Crippen LogP contribution in [-0.4, -0.2) is 35.0 Å². The van der Waals surface area contributed by atoms with Crippen LogP contribution in [0.1, 0.15) is 32.4 Å². The molecule has 7 nitrogen and oxygen atoms in total. The molecular formula is C14H23N5O2. The molecule has 0 spiro atoms. The van der Waals surface area contributed by atoms with Gasteiger partial charge in [0.1, 0.15) is 5.66 Å². The van der Waals surface area contributed by atoms with Crippen molar-refractivity contribution in [2.75, 3.05) is 13.2 Å². The summed E-state index contributed by atoms with van der Waals surface area (Å²) in [5.74, 6) is 5.47. The fourth-order valence-corrected chi connectivity index (χ4v) is 1.60. The third-order valence-corrected chi connectivity index (χ3v) is 2.78. The highest BCUT2D eigenvalue weighted by Gasteiger charge is 2.22. The van der Waals surface area contributed by atoms with Crippen molar-refractivity contribution in [2.24, 2.45) is 16.1 Å². The molecule has 1 unspecified atom stereocenters. The van der Waals surface area contributed by atoms with Crippen LogP contribution in [-0.2, 0) is 0 Å². The largest absolute Gasteiger partial charge is 0.394 e. The SMILES string of the molecule is CC(N=NC(C)(C)NC(=O)N(N)CCO)c1ccccc1. The Morgan fingerprint density at radius 1 is 1.43 bits per heavy atom. The Bertz CT molecular complexity index is 476. The van der Waals surface area contributed by atoms with Gasteiger partial charge in [-0.15, -0.1) is 0 Å². The maximum absolute atomic E-state index is 11.7. The van der Waals surface area contributed by atoms with Gasteiger partial charge in [-0.05, 0) is 26.3 Å². The fourth-order valence-electron chi connectivity index (χ4n) is 1.60. The number of azo groups is 1. The van der Waals surface area contributed by atoms with Crippen LogP contribution in [0.25, 0.3) is 0 Å². The highest BCUT2D eigenvalue weighted by molar-refractivity contribution is 5.74. The van der Waals surface area contributed by atoms with Gasteiger partial charge in [-0.3, -0.25) is 5.01 Å². The number of aliphatic hydroxyl groups is 1. The molecule has 0 aliphatic carbocycles. The first-order chi connectivity index (χ1) is 9.85. The summed E-state index contributed by atoms with van der Waals surface area (Å²) in [6, 6.07) is 9.14. The standard InChI is InChI=1S/C14H23N5O2/c1-11(12-7-5-4-6-8-12)17-18-14(2,3)16-13(21)19(15)9-10-20/h4-8,11,20H,9-10,15H2,1-3H3,(H,16,21). The van der Waals surface area contributed by atoms with Crippen LogP contribution in [0, 0.1) is 0 Å². The maximum atomic E-state index is 11.7. The second-order valence-corrected chi connectivity index (χ2v) is 5.21. The van der Waals surface area contributed by atoms with Gasteiger partial charge in [0, 0.05) is 0 Å². The molecule has 0 heterocycles. The molecule has 7 heteroatoms. The summed E-state index contributed by atoms with van der Waals surface area (Å²) in [5.41, 5.74) is 0.164. The predicted molar refractivity (Wildman–Crippen MR) is 80.3 cm³/mol. The molecule has 1 aromatic carbocycles. The molecule has 0 radical (unpaired) electrons. The number of nitrogens with zero attached hydrogens (tertiary/aromatic N) is 3. The maximum Gasteiger partial charge on any atom is 0.333 e. The van der Waals surface area contributed by atoms with Crippen LogP contribution in [0.2, 0.25) is 0 Å². The molecule has 2 amide bonds. The normalized spacial score (nSPS) is 13.2. The molecule has 1 aromatic rings. The van der Waals surface area contributed by atoms with Crippen LogP contribution in [0.15, 0.2) is 40.6 Å². The Balaban J connectivity index is 2.63. The molecule has 4 N–H and O–H groups in total. The quantitative estimate of drug-likeness (QED) is 0.322. The topological polar surface area (TPSA) is 103 Å². The van der Waals surface area contributed by atoms with Crippen LogP contribution >= 0.6 is 0 Å². The molecule has 0 aliphatic rings. The van der Waals surface area contributed by atoms with Crippen LogP contribution in [0.5, 0.6) is 0 Å². The van der Waals surface area contributed by atoms with Gasteiger partial charge in [-0.25, -0.2) is 10.6 Å². The molecular weight excluding hydrogens is 270 g/mol. The number of hydrogen-bond donors (Lipinski definition) is 3. The summed E-state index contributed by atoms with van der Waals surface area (Å²) in [4.78, 5) is 11.7. The Morgan fingerprint density at radius 3 is 2.62 bits per heavy atom. The summed E-state index contributed by atoms with van der Waals surface area (Å²) < 4.78 is 0. The first kappa shape index (κ1) is 17.1. The average molecular weight is 293 g/mol. The molecule has 0 saturated heterocycles. The monoisotopic (exact) mass is 293 g/mol. The summed E-state index contributed by atoms with van der Waals surface area (Å²) in [5, 5.41) is 20.7. The van der Waals surface area contributed by atoms with Crippen molar-refractivity contribution in [1.82, 2.24) is 10.3 Å². The van der Waals surface area contributed by atoms with Crippen molar-refractivity contribution in [3.8, 4) is 0 Å². The zero-order valence-electron chi connectivity index (χ0n) is 12.7. The molecule has 116 valence electrons. The smallest absolute Gasteiger partial charge is 0.333 e. The van der Waals surface area contributed by atoms with Gasteiger partial charge in [0.2, 0.25) is 0 Å². The predicted octanol–water partition coefficient (Wildman–Crippen LogP) is 1.81. The molecule has 0 bridgehead atoms. The number of hydrogen-bond acceptors (Lipinski definition) is 5.